The summed E-state index contributed by atoms with van der Waals surface area (Å²) in [4.78, 5) is 12.5. The van der Waals surface area contributed by atoms with Crippen molar-refractivity contribution in [2.45, 2.75) is 23.8 Å². The zero-order valence-corrected chi connectivity index (χ0v) is 10.3. The average molecular weight is 254 g/mol. The molecule has 0 aliphatic carbocycles. The van der Waals surface area contributed by atoms with Gasteiger partial charge in [-0.25, -0.2) is 4.39 Å². The van der Waals surface area contributed by atoms with Crippen LogP contribution in [0.2, 0.25) is 0 Å². The highest BCUT2D eigenvalue weighted by molar-refractivity contribution is 7.80. The molecule has 1 heterocycles. The molecule has 1 amide bonds. The van der Waals surface area contributed by atoms with Crippen LogP contribution < -0.4 is 10.6 Å². The van der Waals surface area contributed by atoms with E-state index in [1.807, 2.05) is 0 Å². The van der Waals surface area contributed by atoms with Crippen LogP contribution in [0, 0.1) is 5.82 Å². The Morgan fingerprint density at radius 2 is 2.12 bits per heavy atom. The average Bonchev–Trinajstić information content (AvgIpc) is 2.33. The van der Waals surface area contributed by atoms with Crippen molar-refractivity contribution < 1.29 is 9.18 Å². The number of amides is 1. The predicted molar refractivity (Wildman–Crippen MR) is 67.0 cm³/mol. The van der Waals surface area contributed by atoms with E-state index in [9.17, 15) is 9.18 Å². The van der Waals surface area contributed by atoms with Crippen LogP contribution in [0.5, 0.6) is 0 Å². The van der Waals surface area contributed by atoms with Gasteiger partial charge in [0.2, 0.25) is 0 Å². The van der Waals surface area contributed by atoms with Crippen molar-refractivity contribution in [3.05, 3.63) is 29.6 Å². The maximum Gasteiger partial charge on any atom is 0.254 e. The van der Waals surface area contributed by atoms with E-state index in [-0.39, 0.29) is 17.5 Å². The quantitative estimate of drug-likeness (QED) is 0.702. The van der Waals surface area contributed by atoms with Gasteiger partial charge in [-0.05, 0) is 44.1 Å². The van der Waals surface area contributed by atoms with Crippen molar-refractivity contribution >= 4 is 18.5 Å². The standard InChI is InChI=1S/C12H15FN2OS/c13-11-2-1-9(17)7-10(11)12(16)15-8-3-5-14-6-4-8/h1-2,7-8,14,17H,3-6H2,(H,15,16). The first-order valence-corrected chi connectivity index (χ1v) is 6.11. The lowest BCUT2D eigenvalue weighted by Crippen LogP contribution is -2.42. The molecule has 1 aromatic rings. The van der Waals surface area contributed by atoms with Gasteiger partial charge in [-0.1, -0.05) is 0 Å². The Morgan fingerprint density at radius 1 is 1.41 bits per heavy atom. The van der Waals surface area contributed by atoms with Crippen molar-refractivity contribution in [1.29, 1.82) is 0 Å². The fraction of sp³-hybridized carbons (Fsp3) is 0.417. The molecule has 0 aromatic heterocycles. The third-order valence-corrected chi connectivity index (χ3v) is 3.15. The minimum Gasteiger partial charge on any atom is -0.349 e. The van der Waals surface area contributed by atoms with E-state index in [1.54, 1.807) is 0 Å². The van der Waals surface area contributed by atoms with Crippen LogP contribution in [-0.2, 0) is 0 Å². The normalized spacial score (nSPS) is 16.8. The van der Waals surface area contributed by atoms with E-state index in [1.165, 1.54) is 18.2 Å². The van der Waals surface area contributed by atoms with E-state index < -0.39 is 5.82 Å². The summed E-state index contributed by atoms with van der Waals surface area (Å²) in [5.41, 5.74) is 0.0658. The van der Waals surface area contributed by atoms with E-state index in [0.717, 1.165) is 25.9 Å². The molecule has 3 nitrogen and oxygen atoms in total. The molecule has 2 rings (SSSR count). The highest BCUT2D eigenvalue weighted by Crippen LogP contribution is 2.14. The molecular weight excluding hydrogens is 239 g/mol. The number of carbonyl (C=O) groups excluding carboxylic acids is 1. The van der Waals surface area contributed by atoms with Gasteiger partial charge in [0.05, 0.1) is 5.56 Å². The Balaban J connectivity index is 2.05. The van der Waals surface area contributed by atoms with Gasteiger partial charge < -0.3 is 10.6 Å². The summed E-state index contributed by atoms with van der Waals surface area (Å²) in [7, 11) is 0. The number of benzene rings is 1. The number of rotatable bonds is 2. The molecule has 0 saturated carbocycles. The molecule has 0 spiro atoms. The number of thiol groups is 1. The summed E-state index contributed by atoms with van der Waals surface area (Å²) in [6, 6.07) is 4.38. The summed E-state index contributed by atoms with van der Waals surface area (Å²) < 4.78 is 13.5. The van der Waals surface area contributed by atoms with Crippen LogP contribution in [0.25, 0.3) is 0 Å². The number of carbonyl (C=O) groups is 1. The van der Waals surface area contributed by atoms with Crippen LogP contribution in [0.1, 0.15) is 23.2 Å². The first-order valence-electron chi connectivity index (χ1n) is 5.67. The zero-order valence-electron chi connectivity index (χ0n) is 9.37. The summed E-state index contributed by atoms with van der Waals surface area (Å²) in [6.07, 6.45) is 1.77. The van der Waals surface area contributed by atoms with Gasteiger partial charge in [-0.15, -0.1) is 12.6 Å². The maximum atomic E-state index is 13.5. The van der Waals surface area contributed by atoms with E-state index in [0.29, 0.717) is 4.90 Å². The molecule has 0 atom stereocenters. The van der Waals surface area contributed by atoms with Gasteiger partial charge in [0.1, 0.15) is 5.82 Å². The SMILES string of the molecule is O=C(NC1CCNCC1)c1cc(S)ccc1F. The van der Waals surface area contributed by atoms with Gasteiger partial charge >= 0.3 is 0 Å². The predicted octanol–water partition coefficient (Wildman–Crippen LogP) is 1.60. The lowest BCUT2D eigenvalue weighted by molar-refractivity contribution is 0.0925. The molecular formula is C12H15FN2OS. The number of piperidine rings is 1. The largest absolute Gasteiger partial charge is 0.349 e. The minimum atomic E-state index is -0.505. The van der Waals surface area contributed by atoms with E-state index in [4.69, 9.17) is 0 Å². The van der Waals surface area contributed by atoms with Crippen molar-refractivity contribution in [2.75, 3.05) is 13.1 Å². The second-order valence-electron chi connectivity index (χ2n) is 4.16. The number of hydrogen-bond donors (Lipinski definition) is 3. The van der Waals surface area contributed by atoms with Gasteiger partial charge in [0, 0.05) is 10.9 Å². The fourth-order valence-electron chi connectivity index (χ4n) is 1.92. The van der Waals surface area contributed by atoms with Crippen molar-refractivity contribution in [1.82, 2.24) is 10.6 Å². The summed E-state index contributed by atoms with van der Waals surface area (Å²) >= 11 is 4.11. The third-order valence-electron chi connectivity index (χ3n) is 2.87. The highest BCUT2D eigenvalue weighted by atomic mass is 32.1. The summed E-state index contributed by atoms with van der Waals surface area (Å²) in [5.74, 6) is -0.862. The number of hydrogen-bond acceptors (Lipinski definition) is 3. The molecule has 1 aromatic carbocycles. The van der Waals surface area contributed by atoms with Crippen molar-refractivity contribution in [3.63, 3.8) is 0 Å². The molecule has 1 aliphatic heterocycles. The first kappa shape index (κ1) is 12.4. The van der Waals surface area contributed by atoms with Gasteiger partial charge in [0.15, 0.2) is 0 Å². The second kappa shape index (κ2) is 5.51. The van der Waals surface area contributed by atoms with Crippen molar-refractivity contribution in [2.24, 2.45) is 0 Å². The monoisotopic (exact) mass is 254 g/mol. The molecule has 0 unspecified atom stereocenters. The lowest BCUT2D eigenvalue weighted by Gasteiger charge is -2.23. The highest BCUT2D eigenvalue weighted by Gasteiger charge is 2.18. The Bertz CT molecular complexity index is 419. The first-order chi connectivity index (χ1) is 8.16. The Morgan fingerprint density at radius 3 is 2.82 bits per heavy atom. The molecule has 17 heavy (non-hydrogen) atoms. The molecule has 92 valence electrons. The van der Waals surface area contributed by atoms with Crippen LogP contribution in [0.4, 0.5) is 4.39 Å². The van der Waals surface area contributed by atoms with Gasteiger partial charge in [-0.2, -0.15) is 0 Å². The molecule has 1 saturated heterocycles. The summed E-state index contributed by atoms with van der Waals surface area (Å²) in [5, 5.41) is 6.06. The second-order valence-corrected chi connectivity index (χ2v) is 4.68. The molecule has 0 radical (unpaired) electrons. The van der Waals surface area contributed by atoms with Crippen molar-refractivity contribution in [3.8, 4) is 0 Å². The molecule has 1 aliphatic rings. The van der Waals surface area contributed by atoms with Crippen LogP contribution in [-0.4, -0.2) is 25.0 Å². The van der Waals surface area contributed by atoms with Gasteiger partial charge in [0.25, 0.3) is 5.91 Å². The van der Waals surface area contributed by atoms with Gasteiger partial charge in [-0.3, -0.25) is 4.79 Å². The van der Waals surface area contributed by atoms with E-state index in [2.05, 4.69) is 23.3 Å². The number of halogens is 1. The molecule has 0 bridgehead atoms. The zero-order chi connectivity index (χ0) is 12.3. The molecule has 5 heteroatoms. The third kappa shape index (κ3) is 3.20. The fourth-order valence-corrected chi connectivity index (χ4v) is 2.12. The lowest BCUT2D eigenvalue weighted by atomic mass is 10.1. The summed E-state index contributed by atoms with van der Waals surface area (Å²) in [6.45, 7) is 1.78. The maximum absolute atomic E-state index is 13.5. The Labute approximate surface area is 105 Å². The molecule has 2 N–H and O–H groups in total. The van der Waals surface area contributed by atoms with Crippen LogP contribution in [0.15, 0.2) is 23.1 Å². The Kier molecular flexibility index (Phi) is 4.02. The van der Waals surface area contributed by atoms with Crippen LogP contribution in [0.3, 0.4) is 0 Å². The number of nitrogens with one attached hydrogen (secondary N) is 2. The molecule has 1 fully saturated rings. The topological polar surface area (TPSA) is 41.1 Å². The van der Waals surface area contributed by atoms with Crippen LogP contribution >= 0.6 is 12.6 Å². The Hall–Kier alpha value is -1.07. The minimum absolute atomic E-state index is 0.0658. The smallest absolute Gasteiger partial charge is 0.254 e. The van der Waals surface area contributed by atoms with E-state index >= 15 is 0 Å².